The van der Waals surface area contributed by atoms with Crippen LogP contribution in [0.25, 0.3) is 0 Å². The second-order valence-corrected chi connectivity index (χ2v) is 4.84. The lowest BCUT2D eigenvalue weighted by Gasteiger charge is -2.06. The fraction of sp³-hybridized carbons (Fsp3) is 0.467. The number of nitrogens with two attached hydrogens (primary N) is 2. The Labute approximate surface area is 131 Å². The maximum Gasteiger partial charge on any atom is 0.224 e. The normalized spacial score (nSPS) is 9.76. The van der Waals surface area contributed by atoms with Crippen molar-refractivity contribution < 1.29 is 9.59 Å². The number of rotatable bonds is 9. The summed E-state index contributed by atoms with van der Waals surface area (Å²) in [6, 6.07) is 7.15. The minimum atomic E-state index is -0.362. The quantitative estimate of drug-likeness (QED) is 0.608. The Morgan fingerprint density at radius 2 is 1.62 bits per heavy atom. The summed E-state index contributed by atoms with van der Waals surface area (Å²) in [6.45, 7) is 0.712. The average molecular weight is 314 g/mol. The van der Waals surface area contributed by atoms with E-state index in [4.69, 9.17) is 11.5 Å². The van der Waals surface area contributed by atoms with Crippen molar-refractivity contribution in [3.05, 3.63) is 29.8 Å². The third-order valence-electron chi connectivity index (χ3n) is 2.97. The van der Waals surface area contributed by atoms with Crippen molar-refractivity contribution >= 4 is 29.9 Å². The number of hydrogen-bond donors (Lipinski definition) is 3. The standard InChI is InChI=1S/C15H23N3O2.ClH/c16-10-4-2-1-3-5-15(20)18-13-8-6-12(7-9-13)11-14(17)19;/h6-9H,1-5,10-11,16H2,(H2,17,19)(H,18,20);1H. The Balaban J connectivity index is 0.00000400. The van der Waals surface area contributed by atoms with Crippen LogP contribution in [0.3, 0.4) is 0 Å². The van der Waals surface area contributed by atoms with Crippen LogP contribution in [0.2, 0.25) is 0 Å². The molecule has 0 fully saturated rings. The van der Waals surface area contributed by atoms with Crippen LogP contribution in [0.1, 0.15) is 37.7 Å². The van der Waals surface area contributed by atoms with Crippen molar-refractivity contribution in [3.8, 4) is 0 Å². The summed E-state index contributed by atoms with van der Waals surface area (Å²) in [6.07, 6.45) is 4.74. The number of nitrogens with one attached hydrogen (secondary N) is 1. The van der Waals surface area contributed by atoms with Gasteiger partial charge in [-0.3, -0.25) is 9.59 Å². The van der Waals surface area contributed by atoms with Gasteiger partial charge in [-0.2, -0.15) is 0 Å². The van der Waals surface area contributed by atoms with Gasteiger partial charge in [-0.05, 0) is 37.1 Å². The van der Waals surface area contributed by atoms with Crippen molar-refractivity contribution in [1.29, 1.82) is 0 Å². The molecule has 0 aromatic heterocycles. The molecule has 0 radical (unpaired) electrons. The molecule has 0 unspecified atom stereocenters. The average Bonchev–Trinajstić information content (AvgIpc) is 2.40. The van der Waals surface area contributed by atoms with Crippen LogP contribution in [-0.2, 0) is 16.0 Å². The molecule has 21 heavy (non-hydrogen) atoms. The van der Waals surface area contributed by atoms with Crippen LogP contribution in [0.4, 0.5) is 5.69 Å². The van der Waals surface area contributed by atoms with Crippen LogP contribution in [0, 0.1) is 0 Å². The number of primary amides is 1. The van der Waals surface area contributed by atoms with Crippen molar-refractivity contribution in [3.63, 3.8) is 0 Å². The molecule has 2 amide bonds. The minimum absolute atomic E-state index is 0. The fourth-order valence-electron chi connectivity index (χ4n) is 1.91. The summed E-state index contributed by atoms with van der Waals surface area (Å²) in [4.78, 5) is 22.5. The molecule has 6 heteroatoms. The van der Waals surface area contributed by atoms with E-state index in [1.54, 1.807) is 24.3 Å². The van der Waals surface area contributed by atoms with Crippen LogP contribution in [0.15, 0.2) is 24.3 Å². The van der Waals surface area contributed by atoms with Gasteiger partial charge in [0.2, 0.25) is 11.8 Å². The first kappa shape index (κ1) is 19.4. The lowest BCUT2D eigenvalue weighted by Crippen LogP contribution is -2.14. The molecule has 0 aliphatic rings. The van der Waals surface area contributed by atoms with Crippen LogP contribution < -0.4 is 16.8 Å². The molecule has 0 spiro atoms. The number of unbranched alkanes of at least 4 members (excludes halogenated alkanes) is 3. The van der Waals surface area contributed by atoms with E-state index in [0.29, 0.717) is 13.0 Å². The minimum Gasteiger partial charge on any atom is -0.369 e. The van der Waals surface area contributed by atoms with E-state index < -0.39 is 0 Å². The van der Waals surface area contributed by atoms with Gasteiger partial charge in [-0.15, -0.1) is 12.4 Å². The zero-order chi connectivity index (χ0) is 14.8. The molecule has 1 aromatic carbocycles. The van der Waals surface area contributed by atoms with Gasteiger partial charge in [0, 0.05) is 12.1 Å². The van der Waals surface area contributed by atoms with Crippen molar-refractivity contribution in [1.82, 2.24) is 0 Å². The molecule has 0 atom stereocenters. The van der Waals surface area contributed by atoms with E-state index in [0.717, 1.165) is 36.9 Å². The number of carbonyl (C=O) groups excluding carboxylic acids is 2. The maximum absolute atomic E-state index is 11.7. The van der Waals surface area contributed by atoms with E-state index in [2.05, 4.69) is 5.32 Å². The van der Waals surface area contributed by atoms with E-state index in [9.17, 15) is 9.59 Å². The molecule has 5 N–H and O–H groups in total. The first-order valence-electron chi connectivity index (χ1n) is 6.99. The van der Waals surface area contributed by atoms with Gasteiger partial charge in [-0.25, -0.2) is 0 Å². The predicted molar refractivity (Wildman–Crippen MR) is 87.4 cm³/mol. The van der Waals surface area contributed by atoms with Gasteiger partial charge in [0.25, 0.3) is 0 Å². The first-order chi connectivity index (χ1) is 9.61. The highest BCUT2D eigenvalue weighted by molar-refractivity contribution is 5.90. The van der Waals surface area contributed by atoms with Crippen LogP contribution in [0.5, 0.6) is 0 Å². The largest absolute Gasteiger partial charge is 0.369 e. The Kier molecular flexibility index (Phi) is 10.3. The van der Waals surface area contributed by atoms with Gasteiger partial charge in [0.05, 0.1) is 6.42 Å². The highest BCUT2D eigenvalue weighted by Crippen LogP contribution is 2.11. The molecule has 1 rings (SSSR count). The van der Waals surface area contributed by atoms with Gasteiger partial charge >= 0.3 is 0 Å². The molecule has 0 saturated carbocycles. The second kappa shape index (κ2) is 11.1. The number of halogens is 1. The van der Waals surface area contributed by atoms with Crippen LogP contribution >= 0.6 is 12.4 Å². The third-order valence-corrected chi connectivity index (χ3v) is 2.97. The molecule has 118 valence electrons. The molecule has 1 aromatic rings. The predicted octanol–water partition coefficient (Wildman–Crippen LogP) is 1.98. The maximum atomic E-state index is 11.7. The molecule has 0 aliphatic heterocycles. The number of amides is 2. The van der Waals surface area contributed by atoms with Crippen molar-refractivity contribution in [2.75, 3.05) is 11.9 Å². The Hall–Kier alpha value is -1.59. The van der Waals surface area contributed by atoms with E-state index in [1.807, 2.05) is 0 Å². The molecule has 0 saturated heterocycles. The summed E-state index contributed by atoms with van der Waals surface area (Å²) in [5.74, 6) is -0.348. The molecular weight excluding hydrogens is 290 g/mol. The molecule has 0 bridgehead atoms. The lowest BCUT2D eigenvalue weighted by atomic mass is 10.1. The van der Waals surface area contributed by atoms with Crippen molar-refractivity contribution in [2.45, 2.75) is 38.5 Å². The Morgan fingerprint density at radius 1 is 1.00 bits per heavy atom. The zero-order valence-electron chi connectivity index (χ0n) is 12.1. The molecular formula is C15H24ClN3O2. The third kappa shape index (κ3) is 9.05. The number of anilines is 1. The van der Waals surface area contributed by atoms with Gasteiger partial charge in [0.1, 0.15) is 0 Å². The monoisotopic (exact) mass is 313 g/mol. The zero-order valence-corrected chi connectivity index (χ0v) is 13.0. The summed E-state index contributed by atoms with van der Waals surface area (Å²) in [7, 11) is 0. The Morgan fingerprint density at radius 3 is 2.19 bits per heavy atom. The molecule has 0 aliphatic carbocycles. The fourth-order valence-corrected chi connectivity index (χ4v) is 1.91. The van der Waals surface area contributed by atoms with Crippen molar-refractivity contribution in [2.24, 2.45) is 11.5 Å². The van der Waals surface area contributed by atoms with Crippen LogP contribution in [-0.4, -0.2) is 18.4 Å². The summed E-state index contributed by atoms with van der Waals surface area (Å²) >= 11 is 0. The van der Waals surface area contributed by atoms with E-state index >= 15 is 0 Å². The van der Waals surface area contributed by atoms with Gasteiger partial charge in [0.15, 0.2) is 0 Å². The van der Waals surface area contributed by atoms with Gasteiger partial charge < -0.3 is 16.8 Å². The smallest absolute Gasteiger partial charge is 0.224 e. The highest BCUT2D eigenvalue weighted by atomic mass is 35.5. The topological polar surface area (TPSA) is 98.2 Å². The van der Waals surface area contributed by atoms with E-state index in [1.165, 1.54) is 0 Å². The first-order valence-corrected chi connectivity index (χ1v) is 6.99. The van der Waals surface area contributed by atoms with E-state index in [-0.39, 0.29) is 30.6 Å². The lowest BCUT2D eigenvalue weighted by molar-refractivity contribution is -0.117. The molecule has 0 heterocycles. The SMILES string of the molecule is Cl.NCCCCCCC(=O)Nc1ccc(CC(N)=O)cc1. The summed E-state index contributed by atoms with van der Waals surface area (Å²) < 4.78 is 0. The second-order valence-electron chi connectivity index (χ2n) is 4.84. The number of carbonyl (C=O) groups is 2. The summed E-state index contributed by atoms with van der Waals surface area (Å²) in [5.41, 5.74) is 12.1. The Bertz CT molecular complexity index is 435. The number of hydrogen-bond acceptors (Lipinski definition) is 3. The summed E-state index contributed by atoms with van der Waals surface area (Å²) in [5, 5.41) is 2.83. The highest BCUT2D eigenvalue weighted by Gasteiger charge is 2.03. The van der Waals surface area contributed by atoms with Gasteiger partial charge in [-0.1, -0.05) is 25.0 Å². The molecule has 5 nitrogen and oxygen atoms in total. The number of benzene rings is 1.